The van der Waals surface area contributed by atoms with Gasteiger partial charge < -0.3 is 20.1 Å². The number of benzene rings is 2. The van der Waals surface area contributed by atoms with E-state index in [9.17, 15) is 4.39 Å². The van der Waals surface area contributed by atoms with Crippen molar-refractivity contribution < 1.29 is 13.9 Å². The normalized spacial score (nSPS) is 11.4. The standard InChI is InChI=1S/C21H28FN3O2/c1-15-5-6-16(12-20(15)27-4)9-10-24-21(23-2)25-13-17-7-8-19(22)18(11-17)14-26-3/h5-8,11-12H,9-10,13-14H2,1-4H3,(H2,23,24,25). The van der Waals surface area contributed by atoms with Crippen LogP contribution in [0.5, 0.6) is 5.75 Å². The summed E-state index contributed by atoms with van der Waals surface area (Å²) in [6.07, 6.45) is 0.853. The first-order valence-corrected chi connectivity index (χ1v) is 8.91. The Morgan fingerprint density at radius 2 is 1.85 bits per heavy atom. The fourth-order valence-corrected chi connectivity index (χ4v) is 2.76. The van der Waals surface area contributed by atoms with Crippen LogP contribution in [0.2, 0.25) is 0 Å². The molecular formula is C21H28FN3O2. The van der Waals surface area contributed by atoms with E-state index in [4.69, 9.17) is 9.47 Å². The molecule has 6 heteroatoms. The summed E-state index contributed by atoms with van der Waals surface area (Å²) in [5.41, 5.74) is 3.84. The van der Waals surface area contributed by atoms with E-state index in [1.807, 2.05) is 6.92 Å². The van der Waals surface area contributed by atoms with Crippen molar-refractivity contribution in [3.63, 3.8) is 0 Å². The SMILES string of the molecule is CN=C(NCCc1ccc(C)c(OC)c1)NCc1ccc(F)c(COC)c1. The summed E-state index contributed by atoms with van der Waals surface area (Å²) < 4.78 is 24.1. The van der Waals surface area contributed by atoms with Crippen LogP contribution >= 0.6 is 0 Å². The summed E-state index contributed by atoms with van der Waals surface area (Å²) in [4.78, 5) is 4.23. The van der Waals surface area contributed by atoms with Gasteiger partial charge in [-0.25, -0.2) is 4.39 Å². The number of hydrogen-bond donors (Lipinski definition) is 2. The zero-order valence-corrected chi connectivity index (χ0v) is 16.4. The van der Waals surface area contributed by atoms with Crippen LogP contribution in [0.25, 0.3) is 0 Å². The molecule has 0 saturated heterocycles. The lowest BCUT2D eigenvalue weighted by atomic mass is 10.1. The first kappa shape index (κ1) is 20.7. The second-order valence-corrected chi connectivity index (χ2v) is 6.27. The van der Waals surface area contributed by atoms with E-state index in [1.54, 1.807) is 33.4 Å². The number of rotatable bonds is 8. The molecule has 27 heavy (non-hydrogen) atoms. The van der Waals surface area contributed by atoms with Crippen molar-refractivity contribution in [3.8, 4) is 5.75 Å². The lowest BCUT2D eigenvalue weighted by Crippen LogP contribution is -2.37. The minimum atomic E-state index is -0.253. The molecule has 0 aromatic heterocycles. The third kappa shape index (κ3) is 6.25. The fraction of sp³-hybridized carbons (Fsp3) is 0.381. The molecule has 0 spiro atoms. The van der Waals surface area contributed by atoms with Gasteiger partial charge in [0.1, 0.15) is 11.6 Å². The molecule has 2 aromatic rings. The largest absolute Gasteiger partial charge is 0.496 e. The van der Waals surface area contributed by atoms with Gasteiger partial charge in [0.25, 0.3) is 0 Å². The van der Waals surface area contributed by atoms with Crippen molar-refractivity contribution in [3.05, 3.63) is 64.5 Å². The topological polar surface area (TPSA) is 54.9 Å². The molecule has 0 bridgehead atoms. The Kier molecular flexibility index (Phi) is 8.07. The molecular weight excluding hydrogens is 345 g/mol. The summed E-state index contributed by atoms with van der Waals surface area (Å²) >= 11 is 0. The quantitative estimate of drug-likeness (QED) is 0.551. The van der Waals surface area contributed by atoms with Crippen LogP contribution in [-0.2, 0) is 24.3 Å². The zero-order chi connectivity index (χ0) is 19.6. The minimum absolute atomic E-state index is 0.253. The maximum Gasteiger partial charge on any atom is 0.191 e. The molecule has 0 aliphatic carbocycles. The number of guanidine groups is 1. The Morgan fingerprint density at radius 3 is 2.56 bits per heavy atom. The third-order valence-corrected chi connectivity index (χ3v) is 4.27. The minimum Gasteiger partial charge on any atom is -0.496 e. The second-order valence-electron chi connectivity index (χ2n) is 6.27. The number of nitrogens with zero attached hydrogens (tertiary/aromatic N) is 1. The van der Waals surface area contributed by atoms with E-state index in [0.717, 1.165) is 29.8 Å². The van der Waals surface area contributed by atoms with Gasteiger partial charge in [0.05, 0.1) is 13.7 Å². The Bertz CT molecular complexity index is 778. The van der Waals surface area contributed by atoms with Gasteiger partial charge in [0.15, 0.2) is 5.96 Å². The van der Waals surface area contributed by atoms with Crippen molar-refractivity contribution in [2.75, 3.05) is 27.8 Å². The van der Waals surface area contributed by atoms with Gasteiger partial charge in [0, 0.05) is 32.8 Å². The molecule has 0 fully saturated rings. The van der Waals surface area contributed by atoms with Crippen LogP contribution in [-0.4, -0.2) is 33.8 Å². The fourth-order valence-electron chi connectivity index (χ4n) is 2.76. The lowest BCUT2D eigenvalue weighted by Gasteiger charge is -2.13. The maximum atomic E-state index is 13.7. The molecule has 0 saturated carbocycles. The van der Waals surface area contributed by atoms with Crippen molar-refractivity contribution in [1.82, 2.24) is 10.6 Å². The molecule has 2 aromatic carbocycles. The van der Waals surface area contributed by atoms with Crippen LogP contribution in [0.15, 0.2) is 41.4 Å². The third-order valence-electron chi connectivity index (χ3n) is 4.27. The maximum absolute atomic E-state index is 13.7. The van der Waals surface area contributed by atoms with Gasteiger partial charge in [-0.2, -0.15) is 0 Å². The van der Waals surface area contributed by atoms with Crippen LogP contribution in [0.1, 0.15) is 22.3 Å². The van der Waals surface area contributed by atoms with E-state index in [-0.39, 0.29) is 12.4 Å². The molecule has 0 atom stereocenters. The molecule has 0 aliphatic rings. The van der Waals surface area contributed by atoms with E-state index < -0.39 is 0 Å². The zero-order valence-electron chi connectivity index (χ0n) is 16.4. The summed E-state index contributed by atoms with van der Waals surface area (Å²) in [5.74, 6) is 1.35. The monoisotopic (exact) mass is 373 g/mol. The Hall–Kier alpha value is -2.60. The van der Waals surface area contributed by atoms with Crippen LogP contribution in [0, 0.1) is 12.7 Å². The van der Waals surface area contributed by atoms with Gasteiger partial charge in [-0.15, -0.1) is 0 Å². The summed E-state index contributed by atoms with van der Waals surface area (Å²) in [6.45, 7) is 3.58. The highest BCUT2D eigenvalue weighted by molar-refractivity contribution is 5.79. The summed E-state index contributed by atoms with van der Waals surface area (Å²) in [7, 11) is 4.97. The molecule has 0 amide bonds. The average molecular weight is 373 g/mol. The number of nitrogens with one attached hydrogen (secondary N) is 2. The van der Waals surface area contributed by atoms with Gasteiger partial charge in [-0.1, -0.05) is 18.2 Å². The summed E-state index contributed by atoms with van der Waals surface area (Å²) in [5, 5.41) is 6.53. The number of aliphatic imine (C=N–C) groups is 1. The van der Waals surface area contributed by atoms with Crippen molar-refractivity contribution >= 4 is 5.96 Å². The highest BCUT2D eigenvalue weighted by Gasteiger charge is 2.05. The average Bonchev–Trinajstić information content (AvgIpc) is 2.68. The van der Waals surface area contributed by atoms with Crippen LogP contribution < -0.4 is 15.4 Å². The number of ether oxygens (including phenoxy) is 2. The first-order valence-electron chi connectivity index (χ1n) is 8.91. The van der Waals surface area contributed by atoms with Crippen molar-refractivity contribution in [2.24, 2.45) is 4.99 Å². The second kappa shape index (κ2) is 10.5. The Labute approximate surface area is 160 Å². The molecule has 0 radical (unpaired) electrons. The Balaban J connectivity index is 1.85. The number of hydrogen-bond acceptors (Lipinski definition) is 3. The van der Waals surface area contributed by atoms with E-state index in [2.05, 4.69) is 33.8 Å². The molecule has 0 aliphatic heterocycles. The van der Waals surface area contributed by atoms with Gasteiger partial charge in [0.2, 0.25) is 0 Å². The van der Waals surface area contributed by atoms with Crippen LogP contribution in [0.4, 0.5) is 4.39 Å². The summed E-state index contributed by atoms with van der Waals surface area (Å²) in [6, 6.07) is 11.2. The molecule has 2 rings (SSSR count). The predicted molar refractivity (Wildman–Crippen MR) is 107 cm³/mol. The van der Waals surface area contributed by atoms with Gasteiger partial charge in [-0.05, 0) is 48.2 Å². The molecule has 0 heterocycles. The van der Waals surface area contributed by atoms with Crippen molar-refractivity contribution in [2.45, 2.75) is 26.5 Å². The lowest BCUT2D eigenvalue weighted by molar-refractivity contribution is 0.181. The Morgan fingerprint density at radius 1 is 1.07 bits per heavy atom. The van der Waals surface area contributed by atoms with Crippen molar-refractivity contribution in [1.29, 1.82) is 0 Å². The van der Waals surface area contributed by atoms with Crippen LogP contribution in [0.3, 0.4) is 0 Å². The highest BCUT2D eigenvalue weighted by Crippen LogP contribution is 2.19. The predicted octanol–water partition coefficient (Wildman–Crippen LogP) is 3.20. The van der Waals surface area contributed by atoms with E-state index >= 15 is 0 Å². The molecule has 0 unspecified atom stereocenters. The number of aryl methyl sites for hydroxylation is 1. The smallest absolute Gasteiger partial charge is 0.191 e. The highest BCUT2D eigenvalue weighted by atomic mass is 19.1. The van der Waals surface area contributed by atoms with Gasteiger partial charge >= 0.3 is 0 Å². The molecule has 146 valence electrons. The van der Waals surface area contributed by atoms with E-state index in [0.29, 0.717) is 18.1 Å². The van der Waals surface area contributed by atoms with E-state index in [1.165, 1.54) is 11.6 Å². The number of halogens is 1. The van der Waals surface area contributed by atoms with Gasteiger partial charge in [-0.3, -0.25) is 4.99 Å². The molecule has 2 N–H and O–H groups in total. The number of methoxy groups -OCH3 is 2. The molecule has 5 nitrogen and oxygen atoms in total. The first-order chi connectivity index (χ1) is 13.1.